The number of carbonyl (C=O) groups excluding carboxylic acids is 2. The van der Waals surface area contributed by atoms with Crippen LogP contribution in [-0.2, 0) is 6.42 Å². The summed E-state index contributed by atoms with van der Waals surface area (Å²) in [4.78, 5) is 39.4. The molecule has 0 saturated heterocycles. The summed E-state index contributed by atoms with van der Waals surface area (Å²) >= 11 is 0. The highest BCUT2D eigenvalue weighted by atomic mass is 19.1. The van der Waals surface area contributed by atoms with Crippen molar-refractivity contribution in [2.24, 2.45) is 5.41 Å². The van der Waals surface area contributed by atoms with Gasteiger partial charge in [-0.25, -0.2) is 8.78 Å². The van der Waals surface area contributed by atoms with Crippen LogP contribution < -0.4 is 10.9 Å². The number of hydrogen-bond acceptors (Lipinski definition) is 3. The number of benzene rings is 2. The third-order valence-corrected chi connectivity index (χ3v) is 5.33. The van der Waals surface area contributed by atoms with E-state index in [-0.39, 0.29) is 29.0 Å². The van der Waals surface area contributed by atoms with Gasteiger partial charge in [-0.05, 0) is 59.9 Å². The summed E-state index contributed by atoms with van der Waals surface area (Å²) in [6, 6.07) is 10.5. The van der Waals surface area contributed by atoms with E-state index >= 15 is 0 Å². The SMILES string of the molecule is CC1(C)CC(=O)c2cn(-c3ccc(F)cc3)c(=O)c(C(=O)Nc3cccc(F)c3)c2C1. The van der Waals surface area contributed by atoms with E-state index in [9.17, 15) is 23.2 Å². The van der Waals surface area contributed by atoms with Crippen LogP contribution in [0.3, 0.4) is 0 Å². The quantitative estimate of drug-likeness (QED) is 0.675. The number of pyridine rings is 1. The lowest BCUT2D eigenvalue weighted by molar-refractivity contribution is 0.0910. The van der Waals surface area contributed by atoms with Gasteiger partial charge in [-0.2, -0.15) is 0 Å². The largest absolute Gasteiger partial charge is 0.322 e. The Kier molecular flexibility index (Phi) is 5.05. The monoisotopic (exact) mass is 422 g/mol. The van der Waals surface area contributed by atoms with Gasteiger partial charge < -0.3 is 5.32 Å². The smallest absolute Gasteiger partial charge is 0.268 e. The van der Waals surface area contributed by atoms with Crippen molar-refractivity contribution < 1.29 is 18.4 Å². The minimum absolute atomic E-state index is 0.174. The molecule has 4 rings (SSSR count). The zero-order valence-corrected chi connectivity index (χ0v) is 17.0. The number of amides is 1. The first-order chi connectivity index (χ1) is 14.6. The van der Waals surface area contributed by atoms with Crippen LogP contribution in [0, 0.1) is 17.0 Å². The lowest BCUT2D eigenvalue weighted by Gasteiger charge is -2.31. The Bertz CT molecular complexity index is 1260. The lowest BCUT2D eigenvalue weighted by Crippen LogP contribution is -2.37. The molecule has 31 heavy (non-hydrogen) atoms. The van der Waals surface area contributed by atoms with Crippen molar-refractivity contribution in [2.75, 3.05) is 5.32 Å². The lowest BCUT2D eigenvalue weighted by atomic mass is 9.73. The zero-order valence-electron chi connectivity index (χ0n) is 17.0. The van der Waals surface area contributed by atoms with Crippen LogP contribution in [0.2, 0.25) is 0 Å². The molecule has 0 spiro atoms. The highest BCUT2D eigenvalue weighted by Gasteiger charge is 2.36. The third kappa shape index (κ3) is 4.03. The van der Waals surface area contributed by atoms with Crippen molar-refractivity contribution in [3.05, 3.63) is 93.4 Å². The van der Waals surface area contributed by atoms with Gasteiger partial charge in [0.1, 0.15) is 17.2 Å². The second-order valence-corrected chi connectivity index (χ2v) is 8.45. The van der Waals surface area contributed by atoms with Crippen molar-refractivity contribution in [3.63, 3.8) is 0 Å². The van der Waals surface area contributed by atoms with Gasteiger partial charge >= 0.3 is 0 Å². The van der Waals surface area contributed by atoms with Crippen LogP contribution >= 0.6 is 0 Å². The van der Waals surface area contributed by atoms with Gasteiger partial charge in [0.05, 0.1) is 0 Å². The minimum atomic E-state index is -0.728. The molecule has 1 aromatic heterocycles. The molecule has 1 N–H and O–H groups in total. The number of anilines is 1. The molecule has 0 atom stereocenters. The van der Waals surface area contributed by atoms with Gasteiger partial charge in [0.2, 0.25) is 0 Å². The average Bonchev–Trinajstić information content (AvgIpc) is 2.67. The summed E-state index contributed by atoms with van der Waals surface area (Å²) in [7, 11) is 0. The van der Waals surface area contributed by atoms with Crippen LogP contribution in [0.5, 0.6) is 0 Å². The normalized spacial score (nSPS) is 14.8. The van der Waals surface area contributed by atoms with Crippen molar-refractivity contribution in [3.8, 4) is 5.69 Å². The average molecular weight is 422 g/mol. The molecule has 1 aliphatic rings. The molecular formula is C24H20F2N2O3. The summed E-state index contributed by atoms with van der Waals surface area (Å²) in [6.45, 7) is 3.79. The Morgan fingerprint density at radius 2 is 1.71 bits per heavy atom. The Hall–Kier alpha value is -3.61. The van der Waals surface area contributed by atoms with E-state index in [2.05, 4.69) is 5.32 Å². The summed E-state index contributed by atoms with van der Waals surface area (Å²) in [5.74, 6) is -1.92. The minimum Gasteiger partial charge on any atom is -0.322 e. The fourth-order valence-electron chi connectivity index (χ4n) is 3.93. The second kappa shape index (κ2) is 7.58. The standard InChI is InChI=1S/C24H20F2N2O3/c1-24(2)11-18-19(20(29)12-24)13-28(17-8-6-14(25)7-9-17)23(31)21(18)22(30)27-16-5-3-4-15(26)10-16/h3-10,13H,11-12H2,1-2H3,(H,27,30). The number of halogens is 2. The van der Waals surface area contributed by atoms with Crippen LogP contribution in [0.15, 0.2) is 59.5 Å². The molecule has 0 radical (unpaired) electrons. The number of aromatic nitrogens is 1. The first-order valence-corrected chi connectivity index (χ1v) is 9.79. The van der Waals surface area contributed by atoms with Crippen molar-refractivity contribution in [1.82, 2.24) is 4.57 Å². The van der Waals surface area contributed by atoms with Crippen molar-refractivity contribution in [1.29, 1.82) is 0 Å². The maximum Gasteiger partial charge on any atom is 0.268 e. The fraction of sp³-hybridized carbons (Fsp3) is 0.208. The summed E-state index contributed by atoms with van der Waals surface area (Å²) in [5, 5.41) is 2.56. The summed E-state index contributed by atoms with van der Waals surface area (Å²) < 4.78 is 28.1. The van der Waals surface area contributed by atoms with E-state index in [1.807, 2.05) is 13.8 Å². The van der Waals surface area contributed by atoms with Gasteiger partial charge in [-0.15, -0.1) is 0 Å². The number of carbonyl (C=O) groups is 2. The number of Topliss-reactive ketones (excluding diaryl/α,β-unsaturated/α-hetero) is 1. The molecule has 3 aromatic rings. The number of nitrogens with one attached hydrogen (secondary N) is 1. The Morgan fingerprint density at radius 3 is 2.39 bits per heavy atom. The number of hydrogen-bond donors (Lipinski definition) is 1. The molecule has 0 bridgehead atoms. The van der Waals surface area contributed by atoms with E-state index in [4.69, 9.17) is 0 Å². The van der Waals surface area contributed by atoms with Crippen molar-refractivity contribution in [2.45, 2.75) is 26.7 Å². The topological polar surface area (TPSA) is 68.2 Å². The second-order valence-electron chi connectivity index (χ2n) is 8.45. The number of fused-ring (bicyclic) bond motifs is 1. The third-order valence-electron chi connectivity index (χ3n) is 5.33. The highest BCUT2D eigenvalue weighted by Crippen LogP contribution is 2.36. The predicted molar refractivity (Wildman–Crippen MR) is 113 cm³/mol. The molecule has 2 aromatic carbocycles. The number of ketones is 1. The van der Waals surface area contributed by atoms with Gasteiger partial charge in [0, 0.05) is 29.6 Å². The Balaban J connectivity index is 1.91. The van der Waals surface area contributed by atoms with Crippen LogP contribution in [0.1, 0.15) is 46.5 Å². The van der Waals surface area contributed by atoms with Crippen LogP contribution in [-0.4, -0.2) is 16.3 Å². The van der Waals surface area contributed by atoms with E-state index < -0.39 is 28.5 Å². The number of nitrogens with zero attached hydrogens (tertiary/aromatic N) is 1. The molecule has 158 valence electrons. The molecule has 0 saturated carbocycles. The molecule has 1 amide bonds. The Labute approximate surface area is 177 Å². The van der Waals surface area contributed by atoms with E-state index in [1.165, 1.54) is 53.2 Å². The fourth-order valence-corrected chi connectivity index (χ4v) is 3.93. The summed E-state index contributed by atoms with van der Waals surface area (Å²) in [5.41, 5.74) is -0.0570. The van der Waals surface area contributed by atoms with Crippen molar-refractivity contribution >= 4 is 17.4 Å². The van der Waals surface area contributed by atoms with E-state index in [1.54, 1.807) is 0 Å². The van der Waals surface area contributed by atoms with Crippen LogP contribution in [0.25, 0.3) is 5.69 Å². The Morgan fingerprint density at radius 1 is 1.00 bits per heavy atom. The van der Waals surface area contributed by atoms with E-state index in [0.29, 0.717) is 17.7 Å². The molecule has 0 unspecified atom stereocenters. The van der Waals surface area contributed by atoms with Gasteiger partial charge in [0.15, 0.2) is 5.78 Å². The van der Waals surface area contributed by atoms with Gasteiger partial charge in [-0.3, -0.25) is 19.0 Å². The molecule has 0 fully saturated rings. The first kappa shape index (κ1) is 20.7. The molecule has 5 nitrogen and oxygen atoms in total. The van der Waals surface area contributed by atoms with E-state index in [0.717, 1.165) is 6.07 Å². The van der Waals surface area contributed by atoms with Gasteiger partial charge in [0.25, 0.3) is 11.5 Å². The molecule has 7 heteroatoms. The maximum atomic E-state index is 13.6. The van der Waals surface area contributed by atoms with Gasteiger partial charge in [-0.1, -0.05) is 19.9 Å². The molecule has 0 aliphatic heterocycles. The zero-order chi connectivity index (χ0) is 22.3. The maximum absolute atomic E-state index is 13.6. The molecule has 1 heterocycles. The molecule has 1 aliphatic carbocycles. The predicted octanol–water partition coefficient (Wildman–Crippen LogP) is 4.52. The first-order valence-electron chi connectivity index (χ1n) is 9.79. The van der Waals surface area contributed by atoms with Crippen LogP contribution in [0.4, 0.5) is 14.5 Å². The molecular weight excluding hydrogens is 402 g/mol. The summed E-state index contributed by atoms with van der Waals surface area (Å²) in [6.07, 6.45) is 2.05. The number of rotatable bonds is 3. The highest BCUT2D eigenvalue weighted by molar-refractivity contribution is 6.08.